The Balaban J connectivity index is 1.35. The minimum atomic E-state index is -0.00718. The van der Waals surface area contributed by atoms with Crippen LogP contribution in [-0.2, 0) is 24.2 Å². The topological polar surface area (TPSA) is 80.4 Å². The smallest absolute Gasteiger partial charge is 0.289 e. The van der Waals surface area contributed by atoms with E-state index in [2.05, 4.69) is 5.32 Å². The molecule has 7 heteroatoms. The first-order chi connectivity index (χ1) is 14.6. The molecule has 2 aromatic heterocycles. The molecule has 1 saturated carbocycles. The molecule has 0 atom stereocenters. The van der Waals surface area contributed by atoms with Crippen LogP contribution < -0.4 is 5.32 Å². The molecule has 2 aromatic rings. The van der Waals surface area contributed by atoms with Crippen LogP contribution in [0, 0.1) is 6.92 Å². The fourth-order valence-electron chi connectivity index (χ4n) is 5.18. The lowest BCUT2D eigenvalue weighted by atomic mass is 9.93. The van der Waals surface area contributed by atoms with E-state index in [4.69, 9.17) is 9.52 Å². The van der Waals surface area contributed by atoms with E-state index in [1.807, 2.05) is 18.0 Å². The summed E-state index contributed by atoms with van der Waals surface area (Å²) in [6.45, 7) is 3.80. The monoisotopic (exact) mass is 410 g/mol. The second kappa shape index (κ2) is 7.93. The molecule has 2 amide bonds. The van der Waals surface area contributed by atoms with E-state index in [1.54, 1.807) is 4.68 Å². The first-order valence-corrected chi connectivity index (χ1v) is 11.4. The van der Waals surface area contributed by atoms with Gasteiger partial charge >= 0.3 is 0 Å². The third-order valence-electron chi connectivity index (χ3n) is 6.78. The highest BCUT2D eigenvalue weighted by atomic mass is 16.4. The van der Waals surface area contributed by atoms with Crippen molar-refractivity contribution < 1.29 is 14.0 Å². The summed E-state index contributed by atoms with van der Waals surface area (Å²) < 4.78 is 7.78. The standard InChI is InChI=1S/C23H30N4O3/c1-15-20-18(30-22(15)23(29)26-11-5-6-12-26)10-9-16-13-27(25-21(16)20)14-19(28)24-17-7-3-2-4-8-17/h13,17H,2-12,14H2,1H3,(H,24,28). The van der Waals surface area contributed by atoms with E-state index >= 15 is 0 Å². The van der Waals surface area contributed by atoms with Gasteiger partial charge in [0, 0.05) is 42.9 Å². The van der Waals surface area contributed by atoms with Crippen LogP contribution in [0.4, 0.5) is 0 Å². The maximum absolute atomic E-state index is 12.9. The summed E-state index contributed by atoms with van der Waals surface area (Å²) in [5.74, 6) is 1.32. The zero-order chi connectivity index (χ0) is 20.7. The van der Waals surface area contributed by atoms with Gasteiger partial charge < -0.3 is 14.6 Å². The molecule has 1 aliphatic heterocycles. The number of aromatic nitrogens is 2. The average molecular weight is 411 g/mol. The molecule has 0 spiro atoms. The molecule has 0 radical (unpaired) electrons. The van der Waals surface area contributed by atoms with Crippen LogP contribution >= 0.6 is 0 Å². The number of rotatable bonds is 4. The van der Waals surface area contributed by atoms with Crippen LogP contribution in [0.3, 0.4) is 0 Å². The summed E-state index contributed by atoms with van der Waals surface area (Å²) in [5.41, 5.74) is 3.81. The highest BCUT2D eigenvalue weighted by Crippen LogP contribution is 2.38. The Hall–Kier alpha value is -2.57. The molecular formula is C23H30N4O3. The minimum Gasteiger partial charge on any atom is -0.455 e. The van der Waals surface area contributed by atoms with Gasteiger partial charge in [-0.25, -0.2) is 0 Å². The van der Waals surface area contributed by atoms with Crippen LogP contribution in [0.5, 0.6) is 0 Å². The van der Waals surface area contributed by atoms with Crippen molar-refractivity contribution in [2.45, 2.75) is 77.3 Å². The van der Waals surface area contributed by atoms with Gasteiger partial charge in [0.05, 0.1) is 5.69 Å². The number of fused-ring (bicyclic) bond motifs is 3. The molecule has 160 valence electrons. The van der Waals surface area contributed by atoms with Crippen molar-refractivity contribution in [3.8, 4) is 11.3 Å². The average Bonchev–Trinajstić information content (AvgIpc) is 3.46. The largest absolute Gasteiger partial charge is 0.455 e. The summed E-state index contributed by atoms with van der Waals surface area (Å²) in [5, 5.41) is 7.89. The zero-order valence-corrected chi connectivity index (χ0v) is 17.7. The number of hydrogen-bond acceptors (Lipinski definition) is 4. The maximum atomic E-state index is 12.9. The quantitative estimate of drug-likeness (QED) is 0.839. The molecule has 2 fully saturated rings. The number of aryl methyl sites for hydroxylation is 2. The molecule has 30 heavy (non-hydrogen) atoms. The van der Waals surface area contributed by atoms with Gasteiger partial charge in [0.25, 0.3) is 5.91 Å². The van der Waals surface area contributed by atoms with Gasteiger partial charge in [0.2, 0.25) is 5.91 Å². The number of furan rings is 1. The number of hydrogen-bond donors (Lipinski definition) is 1. The third kappa shape index (κ3) is 3.55. The lowest BCUT2D eigenvalue weighted by molar-refractivity contribution is -0.122. The maximum Gasteiger partial charge on any atom is 0.289 e. The Labute approximate surface area is 176 Å². The SMILES string of the molecule is Cc1c(C(=O)N2CCCC2)oc2c1-c1nn(CC(=O)NC3CCCCC3)cc1CC2. The summed E-state index contributed by atoms with van der Waals surface area (Å²) >= 11 is 0. The van der Waals surface area contributed by atoms with Gasteiger partial charge in [-0.2, -0.15) is 5.10 Å². The molecule has 0 bridgehead atoms. The first kappa shape index (κ1) is 19.4. The van der Waals surface area contributed by atoms with Crippen molar-refractivity contribution in [2.75, 3.05) is 13.1 Å². The fraction of sp³-hybridized carbons (Fsp3) is 0.609. The Bertz CT molecular complexity index is 961. The molecule has 7 nitrogen and oxygen atoms in total. The molecule has 3 aliphatic rings. The second-order valence-electron chi connectivity index (χ2n) is 8.96. The Morgan fingerprint density at radius 2 is 1.90 bits per heavy atom. The number of amides is 2. The number of nitrogens with one attached hydrogen (secondary N) is 1. The second-order valence-corrected chi connectivity index (χ2v) is 8.96. The zero-order valence-electron chi connectivity index (χ0n) is 17.7. The van der Waals surface area contributed by atoms with Gasteiger partial charge in [-0.1, -0.05) is 19.3 Å². The Morgan fingerprint density at radius 1 is 1.13 bits per heavy atom. The van der Waals surface area contributed by atoms with Gasteiger partial charge in [0.15, 0.2) is 5.76 Å². The molecule has 3 heterocycles. The predicted octanol–water partition coefficient (Wildman–Crippen LogP) is 3.24. The van der Waals surface area contributed by atoms with E-state index in [9.17, 15) is 9.59 Å². The van der Waals surface area contributed by atoms with E-state index in [1.165, 1.54) is 19.3 Å². The van der Waals surface area contributed by atoms with Crippen LogP contribution in [0.2, 0.25) is 0 Å². The van der Waals surface area contributed by atoms with Crippen LogP contribution in [-0.4, -0.2) is 45.6 Å². The van der Waals surface area contributed by atoms with E-state index in [-0.39, 0.29) is 18.4 Å². The van der Waals surface area contributed by atoms with Gasteiger partial charge in [-0.05, 0) is 44.6 Å². The number of likely N-dealkylation sites (tertiary alicyclic amines) is 1. The normalized spacial score (nSPS) is 18.9. The van der Waals surface area contributed by atoms with Gasteiger partial charge in [-0.3, -0.25) is 14.3 Å². The Kier molecular flexibility index (Phi) is 5.13. The molecular weight excluding hydrogens is 380 g/mol. The molecule has 0 unspecified atom stereocenters. The van der Waals surface area contributed by atoms with Crippen molar-refractivity contribution in [1.82, 2.24) is 20.0 Å². The highest BCUT2D eigenvalue weighted by molar-refractivity contribution is 5.95. The minimum absolute atomic E-state index is 0.00718. The van der Waals surface area contributed by atoms with Crippen molar-refractivity contribution in [3.05, 3.63) is 28.8 Å². The van der Waals surface area contributed by atoms with Crippen molar-refractivity contribution in [2.24, 2.45) is 0 Å². The first-order valence-electron chi connectivity index (χ1n) is 11.4. The summed E-state index contributed by atoms with van der Waals surface area (Å²) in [6.07, 6.45) is 11.5. The molecule has 2 aliphatic carbocycles. The molecule has 1 N–H and O–H groups in total. The van der Waals surface area contributed by atoms with Crippen molar-refractivity contribution in [3.63, 3.8) is 0 Å². The van der Waals surface area contributed by atoms with E-state index < -0.39 is 0 Å². The van der Waals surface area contributed by atoms with Crippen molar-refractivity contribution in [1.29, 1.82) is 0 Å². The Morgan fingerprint density at radius 3 is 2.67 bits per heavy atom. The predicted molar refractivity (Wildman–Crippen MR) is 112 cm³/mol. The van der Waals surface area contributed by atoms with Gasteiger partial charge in [-0.15, -0.1) is 0 Å². The van der Waals surface area contributed by atoms with Crippen LogP contribution in [0.1, 0.15) is 72.4 Å². The number of nitrogens with zero attached hydrogens (tertiary/aromatic N) is 3. The van der Waals surface area contributed by atoms with E-state index in [0.29, 0.717) is 11.8 Å². The number of carbonyl (C=O) groups is 2. The third-order valence-corrected chi connectivity index (χ3v) is 6.78. The fourth-order valence-corrected chi connectivity index (χ4v) is 5.18. The lowest BCUT2D eigenvalue weighted by Crippen LogP contribution is -2.38. The molecule has 0 aromatic carbocycles. The summed E-state index contributed by atoms with van der Waals surface area (Å²) in [6, 6.07) is 0.304. The van der Waals surface area contributed by atoms with Crippen molar-refractivity contribution >= 4 is 11.8 Å². The highest BCUT2D eigenvalue weighted by Gasteiger charge is 2.32. The summed E-state index contributed by atoms with van der Waals surface area (Å²) in [4.78, 5) is 27.3. The summed E-state index contributed by atoms with van der Waals surface area (Å²) in [7, 11) is 0. The molecule has 1 saturated heterocycles. The van der Waals surface area contributed by atoms with Crippen LogP contribution in [0.25, 0.3) is 11.3 Å². The van der Waals surface area contributed by atoms with Gasteiger partial charge in [0.1, 0.15) is 12.3 Å². The molecule has 5 rings (SSSR count). The van der Waals surface area contributed by atoms with E-state index in [0.717, 1.165) is 79.8 Å². The lowest BCUT2D eigenvalue weighted by Gasteiger charge is -2.22. The van der Waals surface area contributed by atoms with Crippen LogP contribution in [0.15, 0.2) is 10.6 Å². The number of carbonyl (C=O) groups excluding carboxylic acids is 2.